The zero-order valence-corrected chi connectivity index (χ0v) is 9.93. The molecule has 2 aromatic heterocycles. The van der Waals surface area contributed by atoms with Crippen molar-refractivity contribution in [2.24, 2.45) is 7.05 Å². The zero-order valence-electron chi connectivity index (χ0n) is 9.93. The lowest BCUT2D eigenvalue weighted by Gasteiger charge is -1.97. The molecule has 0 fully saturated rings. The largest absolute Gasteiger partial charge is 0.302 e. The zero-order chi connectivity index (χ0) is 12.4. The smallest absolute Gasteiger partial charge is 0.296 e. The van der Waals surface area contributed by atoms with Gasteiger partial charge in [0, 0.05) is 25.2 Å². The molecule has 7 heteroatoms. The van der Waals surface area contributed by atoms with E-state index in [9.17, 15) is 4.79 Å². The first-order chi connectivity index (χ1) is 8.06. The first-order valence-corrected chi connectivity index (χ1v) is 5.29. The number of aryl methyl sites for hydroxylation is 1. The van der Waals surface area contributed by atoms with Crippen LogP contribution in [0, 0.1) is 0 Å². The highest BCUT2D eigenvalue weighted by molar-refractivity contribution is 6.00. The van der Waals surface area contributed by atoms with Gasteiger partial charge >= 0.3 is 0 Å². The van der Waals surface area contributed by atoms with E-state index in [1.54, 1.807) is 24.0 Å². The van der Waals surface area contributed by atoms with Crippen LogP contribution < -0.4 is 5.32 Å². The molecule has 90 valence electrons. The molecule has 0 aliphatic carbocycles. The predicted molar refractivity (Wildman–Crippen MR) is 61.6 cm³/mol. The molecule has 0 saturated carbocycles. The minimum absolute atomic E-state index is 0.124. The van der Waals surface area contributed by atoms with Gasteiger partial charge in [-0.15, -0.1) is 5.10 Å². The number of H-pyrrole nitrogens is 1. The summed E-state index contributed by atoms with van der Waals surface area (Å²) in [6.45, 7) is 3.95. The lowest BCUT2D eigenvalue weighted by atomic mass is 10.2. The standard InChI is InChI=1S/C10H14N6O/c1-6(2)8-12-9(14-13-8)10(17)11-7-4-5-16(3)15-7/h4-6H,1-3H3,(H,11,15,17)(H,12,13,14). The molecule has 1 amide bonds. The molecule has 17 heavy (non-hydrogen) atoms. The third kappa shape index (κ3) is 2.49. The van der Waals surface area contributed by atoms with Crippen LogP contribution >= 0.6 is 0 Å². The number of rotatable bonds is 3. The normalized spacial score (nSPS) is 10.8. The van der Waals surface area contributed by atoms with Gasteiger partial charge in [-0.1, -0.05) is 13.8 Å². The molecule has 2 rings (SSSR count). The minimum Gasteiger partial charge on any atom is -0.302 e. The summed E-state index contributed by atoms with van der Waals surface area (Å²) in [5.74, 6) is 1.13. The number of nitrogens with zero attached hydrogens (tertiary/aromatic N) is 4. The van der Waals surface area contributed by atoms with Gasteiger partial charge < -0.3 is 5.32 Å². The topological polar surface area (TPSA) is 88.5 Å². The summed E-state index contributed by atoms with van der Waals surface area (Å²) in [4.78, 5) is 15.9. The number of carbonyl (C=O) groups excluding carboxylic acids is 1. The molecule has 0 unspecified atom stereocenters. The summed E-state index contributed by atoms with van der Waals surface area (Å²) in [5.41, 5.74) is 0. The highest BCUT2D eigenvalue weighted by atomic mass is 16.2. The Morgan fingerprint density at radius 1 is 1.53 bits per heavy atom. The van der Waals surface area contributed by atoms with Gasteiger partial charge in [0.25, 0.3) is 5.91 Å². The van der Waals surface area contributed by atoms with E-state index in [-0.39, 0.29) is 17.6 Å². The molecule has 0 bridgehead atoms. The number of aromatic amines is 1. The highest BCUT2D eigenvalue weighted by Gasteiger charge is 2.14. The van der Waals surface area contributed by atoms with E-state index in [4.69, 9.17) is 0 Å². The summed E-state index contributed by atoms with van der Waals surface area (Å²) in [7, 11) is 1.78. The lowest BCUT2D eigenvalue weighted by molar-refractivity contribution is 0.101. The fraction of sp³-hybridized carbons (Fsp3) is 0.400. The second kappa shape index (κ2) is 4.36. The molecule has 0 radical (unpaired) electrons. The van der Waals surface area contributed by atoms with Crippen LogP contribution in [0.4, 0.5) is 5.82 Å². The SMILES string of the molecule is CC(C)c1nc(C(=O)Nc2ccn(C)n2)n[nH]1. The number of hydrogen-bond acceptors (Lipinski definition) is 4. The number of carbonyl (C=O) groups is 1. The Morgan fingerprint density at radius 2 is 2.29 bits per heavy atom. The van der Waals surface area contributed by atoms with Crippen LogP contribution in [0.5, 0.6) is 0 Å². The molecule has 0 spiro atoms. The monoisotopic (exact) mass is 234 g/mol. The summed E-state index contributed by atoms with van der Waals surface area (Å²) >= 11 is 0. The van der Waals surface area contributed by atoms with Gasteiger partial charge in [-0.3, -0.25) is 14.6 Å². The number of anilines is 1. The average molecular weight is 234 g/mol. The van der Waals surface area contributed by atoms with E-state index in [0.29, 0.717) is 11.6 Å². The van der Waals surface area contributed by atoms with Crippen LogP contribution in [0.2, 0.25) is 0 Å². The maximum Gasteiger partial charge on any atom is 0.296 e. The first kappa shape index (κ1) is 11.3. The molecule has 0 saturated heterocycles. The van der Waals surface area contributed by atoms with Crippen molar-refractivity contribution in [1.82, 2.24) is 25.0 Å². The van der Waals surface area contributed by atoms with Crippen LogP contribution in [0.15, 0.2) is 12.3 Å². The van der Waals surface area contributed by atoms with E-state index in [1.165, 1.54) is 0 Å². The second-order valence-electron chi connectivity index (χ2n) is 4.03. The van der Waals surface area contributed by atoms with Crippen LogP contribution in [0.1, 0.15) is 36.2 Å². The van der Waals surface area contributed by atoms with Crippen molar-refractivity contribution >= 4 is 11.7 Å². The van der Waals surface area contributed by atoms with Crippen molar-refractivity contribution in [3.05, 3.63) is 23.9 Å². The number of aromatic nitrogens is 5. The predicted octanol–water partition coefficient (Wildman–Crippen LogP) is 0.914. The van der Waals surface area contributed by atoms with E-state index in [0.717, 1.165) is 0 Å². The Hall–Kier alpha value is -2.18. The molecule has 0 atom stereocenters. The molecule has 2 N–H and O–H groups in total. The summed E-state index contributed by atoms with van der Waals surface area (Å²) in [6.07, 6.45) is 1.74. The van der Waals surface area contributed by atoms with Crippen LogP contribution in [-0.2, 0) is 7.05 Å². The van der Waals surface area contributed by atoms with Crippen molar-refractivity contribution in [3.8, 4) is 0 Å². The lowest BCUT2D eigenvalue weighted by Crippen LogP contribution is -2.14. The molecular weight excluding hydrogens is 220 g/mol. The number of nitrogens with one attached hydrogen (secondary N) is 2. The van der Waals surface area contributed by atoms with E-state index in [2.05, 4.69) is 25.6 Å². The fourth-order valence-electron chi connectivity index (χ4n) is 1.29. The Morgan fingerprint density at radius 3 is 2.82 bits per heavy atom. The third-order valence-electron chi connectivity index (χ3n) is 2.21. The summed E-state index contributed by atoms with van der Waals surface area (Å²) < 4.78 is 1.60. The maximum atomic E-state index is 11.8. The van der Waals surface area contributed by atoms with Crippen molar-refractivity contribution in [1.29, 1.82) is 0 Å². The second-order valence-corrected chi connectivity index (χ2v) is 4.03. The van der Waals surface area contributed by atoms with E-state index < -0.39 is 0 Å². The summed E-state index contributed by atoms with van der Waals surface area (Å²) in [6, 6.07) is 1.70. The van der Waals surface area contributed by atoms with Gasteiger partial charge in [-0.05, 0) is 0 Å². The first-order valence-electron chi connectivity index (χ1n) is 5.29. The molecule has 0 aliphatic heterocycles. The van der Waals surface area contributed by atoms with Gasteiger partial charge in [0.15, 0.2) is 5.82 Å². The van der Waals surface area contributed by atoms with E-state index in [1.807, 2.05) is 13.8 Å². The Bertz CT molecular complexity index is 526. The highest BCUT2D eigenvalue weighted by Crippen LogP contribution is 2.08. The maximum absolute atomic E-state index is 11.8. The van der Waals surface area contributed by atoms with Gasteiger partial charge in [-0.2, -0.15) is 5.10 Å². The van der Waals surface area contributed by atoms with Crippen LogP contribution in [0.3, 0.4) is 0 Å². The molecule has 0 aromatic carbocycles. The molecule has 0 aliphatic rings. The molecule has 2 aromatic rings. The quantitative estimate of drug-likeness (QED) is 0.826. The molecule has 2 heterocycles. The van der Waals surface area contributed by atoms with Gasteiger partial charge in [0.1, 0.15) is 5.82 Å². The summed E-state index contributed by atoms with van der Waals surface area (Å²) in [5, 5.41) is 13.2. The molecule has 7 nitrogen and oxygen atoms in total. The third-order valence-corrected chi connectivity index (χ3v) is 2.21. The van der Waals surface area contributed by atoms with Crippen LogP contribution in [-0.4, -0.2) is 30.9 Å². The van der Waals surface area contributed by atoms with Crippen LogP contribution in [0.25, 0.3) is 0 Å². The van der Waals surface area contributed by atoms with Crippen molar-refractivity contribution in [3.63, 3.8) is 0 Å². The van der Waals surface area contributed by atoms with Crippen molar-refractivity contribution in [2.45, 2.75) is 19.8 Å². The Balaban J connectivity index is 2.09. The fourth-order valence-corrected chi connectivity index (χ4v) is 1.29. The van der Waals surface area contributed by atoms with Gasteiger partial charge in [0.05, 0.1) is 0 Å². The number of hydrogen-bond donors (Lipinski definition) is 2. The van der Waals surface area contributed by atoms with Gasteiger partial charge in [-0.25, -0.2) is 4.98 Å². The van der Waals surface area contributed by atoms with Crippen molar-refractivity contribution in [2.75, 3.05) is 5.32 Å². The minimum atomic E-state index is -0.369. The van der Waals surface area contributed by atoms with Crippen molar-refractivity contribution < 1.29 is 4.79 Å². The average Bonchev–Trinajstić information content (AvgIpc) is 2.86. The molecular formula is C10H14N6O. The Kier molecular flexibility index (Phi) is 2.90. The van der Waals surface area contributed by atoms with Gasteiger partial charge in [0.2, 0.25) is 5.82 Å². The Labute approximate surface area is 98.2 Å². The number of amides is 1. The van der Waals surface area contributed by atoms with E-state index >= 15 is 0 Å².